The van der Waals surface area contributed by atoms with Crippen LogP contribution in [-0.4, -0.2) is 24.7 Å². The quantitative estimate of drug-likeness (QED) is 0.877. The Balaban J connectivity index is 2.49. The number of aromatic carboxylic acids is 1. The summed E-state index contributed by atoms with van der Waals surface area (Å²) in [5.41, 5.74) is 0.0938. The Bertz CT molecular complexity index is 816. The van der Waals surface area contributed by atoms with Crippen molar-refractivity contribution in [1.82, 2.24) is 5.16 Å². The maximum atomic E-state index is 12.2. The number of carboxylic acids is 1. The minimum atomic E-state index is -4.14. The van der Waals surface area contributed by atoms with Gasteiger partial charge in [0.15, 0.2) is 0 Å². The zero-order valence-electron chi connectivity index (χ0n) is 10.4. The third kappa shape index (κ3) is 3.29. The second kappa shape index (κ2) is 5.55. The average Bonchev–Trinajstić information content (AvgIpc) is 2.72. The van der Waals surface area contributed by atoms with Gasteiger partial charge in [0.1, 0.15) is 4.90 Å². The first kappa shape index (κ1) is 15.6. The molecule has 2 aromatic rings. The minimum absolute atomic E-state index is 0.115. The molecule has 2 N–H and O–H groups in total. The van der Waals surface area contributed by atoms with Crippen molar-refractivity contribution in [3.63, 3.8) is 0 Å². The van der Waals surface area contributed by atoms with Gasteiger partial charge in [0.2, 0.25) is 5.88 Å². The first-order valence-electron chi connectivity index (χ1n) is 5.39. The van der Waals surface area contributed by atoms with Crippen LogP contribution in [0.4, 0.5) is 5.88 Å². The van der Waals surface area contributed by atoms with Crippen LogP contribution in [0.3, 0.4) is 0 Å². The molecule has 0 bridgehead atoms. The van der Waals surface area contributed by atoms with E-state index in [9.17, 15) is 13.2 Å². The molecule has 1 heterocycles. The van der Waals surface area contributed by atoms with Gasteiger partial charge in [0, 0.05) is 6.07 Å². The van der Waals surface area contributed by atoms with Crippen LogP contribution in [0.5, 0.6) is 0 Å². The lowest BCUT2D eigenvalue weighted by atomic mass is 10.2. The van der Waals surface area contributed by atoms with Gasteiger partial charge in [0.25, 0.3) is 10.0 Å². The molecule has 112 valence electrons. The maximum Gasteiger partial charge on any atom is 0.337 e. The zero-order chi connectivity index (χ0) is 15.8. The van der Waals surface area contributed by atoms with E-state index >= 15 is 0 Å². The standard InChI is InChI=1S/C11H8Cl2N2O5S/c1-5-2-10(20-14-5)15-21(18,19)9-3-6(11(16)17)7(12)4-8(9)13/h2-4,15H,1H3,(H,16,17). The molecule has 0 atom stereocenters. The van der Waals surface area contributed by atoms with Gasteiger partial charge in [-0.2, -0.15) is 0 Å². The van der Waals surface area contributed by atoms with Gasteiger partial charge in [-0.05, 0) is 19.1 Å². The lowest BCUT2D eigenvalue weighted by Crippen LogP contribution is -2.14. The fourth-order valence-corrected chi connectivity index (χ4v) is 3.33. The molecule has 0 amide bonds. The number of halogens is 2. The summed E-state index contributed by atoms with van der Waals surface area (Å²) in [7, 11) is -4.14. The highest BCUT2D eigenvalue weighted by atomic mass is 35.5. The van der Waals surface area contributed by atoms with Gasteiger partial charge in [-0.3, -0.25) is 0 Å². The molecular weight excluding hydrogens is 343 g/mol. The van der Waals surface area contributed by atoms with E-state index in [-0.39, 0.29) is 21.5 Å². The highest BCUT2D eigenvalue weighted by Crippen LogP contribution is 2.30. The van der Waals surface area contributed by atoms with Gasteiger partial charge in [-0.15, -0.1) is 0 Å². The molecule has 7 nitrogen and oxygen atoms in total. The summed E-state index contributed by atoms with van der Waals surface area (Å²) in [6.45, 7) is 1.61. The number of nitrogens with one attached hydrogen (secondary N) is 1. The number of aryl methyl sites for hydroxylation is 1. The minimum Gasteiger partial charge on any atom is -0.478 e. The van der Waals surface area contributed by atoms with E-state index in [1.807, 2.05) is 0 Å². The summed E-state index contributed by atoms with van der Waals surface area (Å²) >= 11 is 11.5. The van der Waals surface area contributed by atoms with Crippen molar-refractivity contribution < 1.29 is 22.8 Å². The number of sulfonamides is 1. The molecule has 0 unspecified atom stereocenters. The number of anilines is 1. The van der Waals surface area contributed by atoms with E-state index in [1.54, 1.807) is 6.92 Å². The first-order valence-corrected chi connectivity index (χ1v) is 7.63. The maximum absolute atomic E-state index is 12.2. The smallest absolute Gasteiger partial charge is 0.337 e. The molecule has 1 aromatic heterocycles. The zero-order valence-corrected chi connectivity index (χ0v) is 12.8. The molecule has 21 heavy (non-hydrogen) atoms. The van der Waals surface area contributed by atoms with Crippen LogP contribution < -0.4 is 4.72 Å². The molecule has 0 saturated carbocycles. The van der Waals surface area contributed by atoms with E-state index in [0.29, 0.717) is 5.69 Å². The molecule has 0 saturated heterocycles. The highest BCUT2D eigenvalue weighted by molar-refractivity contribution is 7.92. The predicted octanol–water partition coefficient (Wildman–Crippen LogP) is 2.79. The van der Waals surface area contributed by atoms with Gasteiger partial charge in [0.05, 0.1) is 21.3 Å². The van der Waals surface area contributed by atoms with Crippen LogP contribution in [-0.2, 0) is 10.0 Å². The van der Waals surface area contributed by atoms with Crippen LogP contribution in [0.1, 0.15) is 16.1 Å². The normalized spacial score (nSPS) is 11.4. The van der Waals surface area contributed by atoms with E-state index in [4.69, 9.17) is 32.8 Å². The second-order valence-corrected chi connectivity index (χ2v) is 6.47. The Hall–Kier alpha value is -1.77. The molecular formula is C11H8Cl2N2O5S. The van der Waals surface area contributed by atoms with Crippen molar-refractivity contribution in [2.75, 3.05) is 4.72 Å². The largest absolute Gasteiger partial charge is 0.478 e. The van der Waals surface area contributed by atoms with Crippen LogP contribution in [0, 0.1) is 6.92 Å². The Kier molecular flexibility index (Phi) is 4.13. The lowest BCUT2D eigenvalue weighted by Gasteiger charge is -2.09. The van der Waals surface area contributed by atoms with Crippen molar-refractivity contribution in [3.8, 4) is 0 Å². The number of hydrogen-bond donors (Lipinski definition) is 2. The SMILES string of the molecule is Cc1cc(NS(=O)(=O)c2cc(C(=O)O)c(Cl)cc2Cl)on1. The van der Waals surface area contributed by atoms with E-state index in [0.717, 1.165) is 12.1 Å². The van der Waals surface area contributed by atoms with Crippen molar-refractivity contribution in [2.24, 2.45) is 0 Å². The Labute approximate surface area is 129 Å². The summed E-state index contributed by atoms with van der Waals surface area (Å²) in [4.78, 5) is 10.6. The van der Waals surface area contributed by atoms with Crippen molar-refractivity contribution in [3.05, 3.63) is 39.5 Å². The van der Waals surface area contributed by atoms with E-state index < -0.39 is 20.9 Å². The number of benzene rings is 1. The molecule has 0 radical (unpaired) electrons. The van der Waals surface area contributed by atoms with Crippen LogP contribution in [0.2, 0.25) is 10.0 Å². The number of hydrogen-bond acceptors (Lipinski definition) is 5. The number of nitrogens with zero attached hydrogens (tertiary/aromatic N) is 1. The Morgan fingerprint density at radius 1 is 1.29 bits per heavy atom. The summed E-state index contributed by atoms with van der Waals surface area (Å²) in [6.07, 6.45) is 0. The Morgan fingerprint density at radius 3 is 2.48 bits per heavy atom. The number of rotatable bonds is 4. The third-order valence-electron chi connectivity index (χ3n) is 2.40. The fraction of sp³-hybridized carbons (Fsp3) is 0.0909. The third-order valence-corrected chi connectivity index (χ3v) is 4.53. The van der Waals surface area contributed by atoms with Gasteiger partial charge < -0.3 is 9.63 Å². The van der Waals surface area contributed by atoms with Crippen LogP contribution in [0.15, 0.2) is 27.6 Å². The van der Waals surface area contributed by atoms with E-state index in [2.05, 4.69) is 9.88 Å². The van der Waals surface area contributed by atoms with Gasteiger partial charge in [-0.25, -0.2) is 17.9 Å². The topological polar surface area (TPSA) is 110 Å². The Morgan fingerprint density at radius 2 is 1.95 bits per heavy atom. The van der Waals surface area contributed by atoms with Crippen LogP contribution >= 0.6 is 23.2 Å². The summed E-state index contributed by atoms with van der Waals surface area (Å²) in [6, 6.07) is 3.28. The fourth-order valence-electron chi connectivity index (χ4n) is 1.50. The first-order chi connectivity index (χ1) is 9.70. The molecule has 2 rings (SSSR count). The lowest BCUT2D eigenvalue weighted by molar-refractivity contribution is 0.0697. The van der Waals surface area contributed by atoms with Crippen molar-refractivity contribution in [1.29, 1.82) is 0 Å². The van der Waals surface area contributed by atoms with Gasteiger partial charge >= 0.3 is 5.97 Å². The highest BCUT2D eigenvalue weighted by Gasteiger charge is 2.23. The van der Waals surface area contributed by atoms with Gasteiger partial charge in [-0.1, -0.05) is 28.4 Å². The molecule has 0 aliphatic heterocycles. The molecule has 1 aromatic carbocycles. The number of carbonyl (C=O) groups is 1. The van der Waals surface area contributed by atoms with Crippen molar-refractivity contribution in [2.45, 2.75) is 11.8 Å². The second-order valence-electron chi connectivity index (χ2n) is 4.01. The molecule has 0 aliphatic carbocycles. The number of carboxylic acid groups (broad SMARTS) is 1. The van der Waals surface area contributed by atoms with Crippen molar-refractivity contribution >= 4 is 45.1 Å². The monoisotopic (exact) mass is 350 g/mol. The van der Waals surface area contributed by atoms with E-state index in [1.165, 1.54) is 6.07 Å². The molecule has 0 fully saturated rings. The summed E-state index contributed by atoms with van der Waals surface area (Å²) < 4.78 is 31.2. The summed E-state index contributed by atoms with van der Waals surface area (Å²) in [5.74, 6) is -1.49. The average molecular weight is 351 g/mol. The molecule has 0 aliphatic rings. The molecule has 10 heteroatoms. The predicted molar refractivity (Wildman–Crippen MR) is 75.5 cm³/mol. The summed E-state index contributed by atoms with van der Waals surface area (Å²) in [5, 5.41) is 12.1. The number of aromatic nitrogens is 1. The molecule has 0 spiro atoms. The van der Waals surface area contributed by atoms with Crippen LogP contribution in [0.25, 0.3) is 0 Å².